The van der Waals surface area contributed by atoms with Crippen LogP contribution in [-0.2, 0) is 0 Å². The van der Waals surface area contributed by atoms with Crippen LogP contribution in [0.2, 0.25) is 5.02 Å². The fourth-order valence-electron chi connectivity index (χ4n) is 1.15. The van der Waals surface area contributed by atoms with Crippen LogP contribution in [0.5, 0.6) is 0 Å². The topological polar surface area (TPSA) is 26.0 Å². The maximum Gasteiger partial charge on any atom is 0.0412 e. The minimum absolute atomic E-state index is 0.504. The Hall–Kier alpha value is -0.440. The van der Waals surface area contributed by atoms with Crippen LogP contribution < -0.4 is 5.73 Å². The van der Waals surface area contributed by atoms with Crippen molar-refractivity contribution in [1.29, 1.82) is 0 Å². The Bertz CT molecular complexity index is 334. The molecule has 0 aliphatic rings. The molecule has 0 aliphatic heterocycles. The lowest BCUT2D eigenvalue weighted by molar-refractivity contribution is 1.23. The molecule has 0 unspecified atom stereocenters. The maximum absolute atomic E-state index is 5.87. The van der Waals surface area contributed by atoms with E-state index in [1.54, 1.807) is 0 Å². The maximum atomic E-state index is 5.87. The average molecular weight is 214 g/mol. The largest absolute Gasteiger partial charge is 0.326 e. The molecule has 13 heavy (non-hydrogen) atoms. The molecule has 0 heterocycles. The fourth-order valence-corrected chi connectivity index (χ4v) is 1.60. The van der Waals surface area contributed by atoms with Gasteiger partial charge >= 0.3 is 0 Å². The molecule has 2 N–H and O–H groups in total. The van der Waals surface area contributed by atoms with Crippen LogP contribution in [0.25, 0.3) is 5.57 Å². The van der Waals surface area contributed by atoms with Crippen molar-refractivity contribution >= 4 is 29.8 Å². The summed E-state index contributed by atoms with van der Waals surface area (Å²) in [5, 5.41) is 0.709. The van der Waals surface area contributed by atoms with E-state index in [9.17, 15) is 0 Å². The third kappa shape index (κ3) is 2.50. The van der Waals surface area contributed by atoms with Crippen LogP contribution in [0.1, 0.15) is 12.5 Å². The van der Waals surface area contributed by atoms with Crippen LogP contribution in [0.15, 0.2) is 29.2 Å². The third-order valence-electron chi connectivity index (χ3n) is 1.87. The predicted molar refractivity (Wildman–Crippen MR) is 61.4 cm³/mol. The molecule has 0 atom stereocenters. The lowest BCUT2D eigenvalue weighted by Crippen LogP contribution is -2.02. The SMILES string of the molecule is C/C=C(/CN)c1cc(Cl)ccc1S. The van der Waals surface area contributed by atoms with Gasteiger partial charge in [0.15, 0.2) is 0 Å². The van der Waals surface area contributed by atoms with Gasteiger partial charge in [0.05, 0.1) is 0 Å². The van der Waals surface area contributed by atoms with E-state index in [0.717, 1.165) is 16.0 Å². The third-order valence-corrected chi connectivity index (χ3v) is 2.50. The molecule has 0 fully saturated rings. The molecule has 1 aromatic rings. The van der Waals surface area contributed by atoms with Crippen molar-refractivity contribution in [3.63, 3.8) is 0 Å². The van der Waals surface area contributed by atoms with E-state index >= 15 is 0 Å². The lowest BCUT2D eigenvalue weighted by atomic mass is 10.1. The van der Waals surface area contributed by atoms with Crippen molar-refractivity contribution in [2.24, 2.45) is 5.73 Å². The molecular formula is C10H12ClNS. The van der Waals surface area contributed by atoms with E-state index in [-0.39, 0.29) is 0 Å². The number of halogens is 1. The van der Waals surface area contributed by atoms with E-state index in [2.05, 4.69) is 12.6 Å². The Morgan fingerprint density at radius 1 is 1.62 bits per heavy atom. The normalized spacial score (nSPS) is 11.8. The summed E-state index contributed by atoms with van der Waals surface area (Å²) >= 11 is 10.2. The van der Waals surface area contributed by atoms with Gasteiger partial charge in [0, 0.05) is 16.5 Å². The zero-order valence-electron chi connectivity index (χ0n) is 7.42. The monoisotopic (exact) mass is 213 g/mol. The molecule has 3 heteroatoms. The van der Waals surface area contributed by atoms with E-state index < -0.39 is 0 Å². The van der Waals surface area contributed by atoms with Gasteiger partial charge in [-0.3, -0.25) is 0 Å². The Balaban J connectivity index is 3.19. The molecule has 0 aliphatic carbocycles. The summed E-state index contributed by atoms with van der Waals surface area (Å²) in [6, 6.07) is 5.57. The number of allylic oxidation sites excluding steroid dienone is 1. The predicted octanol–water partition coefficient (Wildman–Crippen LogP) is 2.99. The van der Waals surface area contributed by atoms with Crippen molar-refractivity contribution in [1.82, 2.24) is 0 Å². The van der Waals surface area contributed by atoms with Gasteiger partial charge in [0.2, 0.25) is 0 Å². The second-order valence-electron chi connectivity index (χ2n) is 2.68. The van der Waals surface area contributed by atoms with Crippen LogP contribution in [0, 0.1) is 0 Å². The first-order valence-corrected chi connectivity index (χ1v) is 4.85. The molecule has 0 bridgehead atoms. The highest BCUT2D eigenvalue weighted by Crippen LogP contribution is 2.25. The molecule has 0 saturated heterocycles. The molecule has 1 rings (SSSR count). The molecule has 70 valence electrons. The summed E-state index contributed by atoms with van der Waals surface area (Å²) < 4.78 is 0. The van der Waals surface area contributed by atoms with Crippen LogP contribution in [-0.4, -0.2) is 6.54 Å². The summed E-state index contributed by atoms with van der Waals surface area (Å²) in [5.41, 5.74) is 7.67. The molecule has 0 radical (unpaired) electrons. The second-order valence-corrected chi connectivity index (χ2v) is 3.60. The molecule has 1 nitrogen and oxygen atoms in total. The number of hydrogen-bond acceptors (Lipinski definition) is 2. The van der Waals surface area contributed by atoms with Crippen molar-refractivity contribution in [3.8, 4) is 0 Å². The minimum atomic E-state index is 0.504. The Labute approximate surface area is 89.0 Å². The average Bonchev–Trinajstić information content (AvgIpc) is 2.13. The number of benzene rings is 1. The van der Waals surface area contributed by atoms with Crippen LogP contribution >= 0.6 is 24.2 Å². The summed E-state index contributed by atoms with van der Waals surface area (Å²) in [6.07, 6.45) is 1.98. The second kappa shape index (κ2) is 4.70. The first kappa shape index (κ1) is 10.6. The molecule has 0 spiro atoms. The van der Waals surface area contributed by atoms with Crippen molar-refractivity contribution < 1.29 is 0 Å². The quantitative estimate of drug-likeness (QED) is 0.726. The standard InChI is InChI=1S/C10H12ClNS/c1-2-7(6-12)9-5-8(11)3-4-10(9)13/h2-5,13H,6,12H2,1H3/b7-2-. The first-order chi connectivity index (χ1) is 6.19. The highest BCUT2D eigenvalue weighted by Gasteiger charge is 2.03. The highest BCUT2D eigenvalue weighted by molar-refractivity contribution is 7.80. The summed E-state index contributed by atoms with van der Waals surface area (Å²) in [4.78, 5) is 0.906. The summed E-state index contributed by atoms with van der Waals surface area (Å²) in [5.74, 6) is 0. The Morgan fingerprint density at radius 2 is 2.31 bits per heavy atom. The van der Waals surface area contributed by atoms with Gasteiger partial charge in [-0.05, 0) is 36.3 Å². The van der Waals surface area contributed by atoms with Crippen LogP contribution in [0.3, 0.4) is 0 Å². The van der Waals surface area contributed by atoms with Gasteiger partial charge in [0.1, 0.15) is 0 Å². The molecule has 0 aromatic heterocycles. The molecule has 0 saturated carbocycles. The van der Waals surface area contributed by atoms with Gasteiger partial charge in [-0.25, -0.2) is 0 Å². The smallest absolute Gasteiger partial charge is 0.0412 e. The molecule has 1 aromatic carbocycles. The van der Waals surface area contributed by atoms with Gasteiger partial charge in [-0.1, -0.05) is 17.7 Å². The summed E-state index contributed by atoms with van der Waals surface area (Å²) in [7, 11) is 0. The molecule has 0 amide bonds. The number of hydrogen-bond donors (Lipinski definition) is 2. The zero-order chi connectivity index (χ0) is 9.84. The van der Waals surface area contributed by atoms with Crippen LogP contribution in [0.4, 0.5) is 0 Å². The van der Waals surface area contributed by atoms with Gasteiger partial charge in [-0.2, -0.15) is 0 Å². The number of thiol groups is 1. The lowest BCUT2D eigenvalue weighted by Gasteiger charge is -2.07. The van der Waals surface area contributed by atoms with Gasteiger partial charge in [0.25, 0.3) is 0 Å². The van der Waals surface area contributed by atoms with Crippen molar-refractivity contribution in [3.05, 3.63) is 34.9 Å². The highest BCUT2D eigenvalue weighted by atomic mass is 35.5. The van der Waals surface area contributed by atoms with Crippen molar-refractivity contribution in [2.45, 2.75) is 11.8 Å². The van der Waals surface area contributed by atoms with E-state index in [1.807, 2.05) is 31.2 Å². The number of rotatable bonds is 2. The fraction of sp³-hybridized carbons (Fsp3) is 0.200. The van der Waals surface area contributed by atoms with E-state index in [0.29, 0.717) is 11.6 Å². The van der Waals surface area contributed by atoms with Crippen molar-refractivity contribution in [2.75, 3.05) is 6.54 Å². The van der Waals surface area contributed by atoms with E-state index in [4.69, 9.17) is 17.3 Å². The Morgan fingerprint density at radius 3 is 2.85 bits per heavy atom. The number of nitrogens with two attached hydrogens (primary N) is 1. The van der Waals surface area contributed by atoms with Gasteiger partial charge < -0.3 is 5.73 Å². The summed E-state index contributed by atoms with van der Waals surface area (Å²) in [6.45, 7) is 2.46. The first-order valence-electron chi connectivity index (χ1n) is 4.03. The minimum Gasteiger partial charge on any atom is -0.326 e. The Kier molecular flexibility index (Phi) is 3.85. The van der Waals surface area contributed by atoms with Gasteiger partial charge in [-0.15, -0.1) is 12.6 Å². The zero-order valence-corrected chi connectivity index (χ0v) is 9.07. The molecular weight excluding hydrogens is 202 g/mol. The van der Waals surface area contributed by atoms with E-state index in [1.165, 1.54) is 0 Å².